The Morgan fingerprint density at radius 3 is 2.57 bits per heavy atom. The number of rotatable bonds is 7. The van der Waals surface area contributed by atoms with Crippen molar-refractivity contribution in [2.45, 2.75) is 56.6 Å². The van der Waals surface area contributed by atoms with Crippen LogP contribution in [0.1, 0.15) is 54.3 Å². The third-order valence-electron chi connectivity index (χ3n) is 6.24. The van der Waals surface area contributed by atoms with Gasteiger partial charge in [0.05, 0.1) is 0 Å². The molecule has 4 heterocycles. The lowest BCUT2D eigenvalue weighted by atomic mass is 9.96. The second-order valence-electron chi connectivity index (χ2n) is 8.23. The van der Waals surface area contributed by atoms with Gasteiger partial charge < -0.3 is 9.47 Å². The van der Waals surface area contributed by atoms with Crippen molar-refractivity contribution < 1.29 is 0 Å². The molecule has 154 valence electrons. The fourth-order valence-electron chi connectivity index (χ4n) is 4.37. The zero-order chi connectivity index (χ0) is 19.3. The second-order valence-corrected chi connectivity index (χ2v) is 10.3. The molecule has 28 heavy (non-hydrogen) atoms. The summed E-state index contributed by atoms with van der Waals surface area (Å²) >= 11 is 3.76. The van der Waals surface area contributed by atoms with Crippen LogP contribution in [0.3, 0.4) is 0 Å². The lowest BCUT2D eigenvalue weighted by Gasteiger charge is -2.31. The van der Waals surface area contributed by atoms with Crippen molar-refractivity contribution in [3.8, 4) is 0 Å². The summed E-state index contributed by atoms with van der Waals surface area (Å²) < 4.78 is 2.25. The first kappa shape index (κ1) is 20.4. The van der Waals surface area contributed by atoms with Crippen LogP contribution in [0.15, 0.2) is 16.6 Å². The van der Waals surface area contributed by atoms with E-state index in [0.29, 0.717) is 5.92 Å². The summed E-state index contributed by atoms with van der Waals surface area (Å²) in [4.78, 5) is 6.71. The van der Waals surface area contributed by atoms with Crippen LogP contribution in [0, 0.1) is 6.92 Å². The highest BCUT2D eigenvalue weighted by Gasteiger charge is 2.25. The first-order valence-electron chi connectivity index (χ1n) is 10.7. The van der Waals surface area contributed by atoms with Crippen molar-refractivity contribution in [2.24, 2.45) is 7.05 Å². The number of thioether (sulfide) groups is 1. The smallest absolute Gasteiger partial charge is 0.191 e. The summed E-state index contributed by atoms with van der Waals surface area (Å²) in [6, 6.07) is 2.23. The Balaban J connectivity index is 1.25. The maximum Gasteiger partial charge on any atom is 0.191 e. The van der Waals surface area contributed by atoms with Gasteiger partial charge in [0.2, 0.25) is 0 Å². The molecular formula is C21H33N5S2. The lowest BCUT2D eigenvalue weighted by Crippen LogP contribution is -2.33. The van der Waals surface area contributed by atoms with E-state index in [4.69, 9.17) is 0 Å². The van der Waals surface area contributed by atoms with E-state index in [9.17, 15) is 0 Å². The molecule has 0 unspecified atom stereocenters. The predicted molar refractivity (Wildman–Crippen MR) is 118 cm³/mol. The molecule has 2 fully saturated rings. The molecule has 0 aliphatic carbocycles. The monoisotopic (exact) mass is 419 g/mol. The molecule has 7 heteroatoms. The van der Waals surface area contributed by atoms with E-state index < -0.39 is 0 Å². The van der Waals surface area contributed by atoms with E-state index in [1.807, 2.05) is 23.1 Å². The van der Waals surface area contributed by atoms with Gasteiger partial charge in [-0.3, -0.25) is 4.90 Å². The number of aryl methyl sites for hydroxylation is 1. The van der Waals surface area contributed by atoms with Crippen molar-refractivity contribution in [1.82, 2.24) is 24.6 Å². The third kappa shape index (κ3) is 4.99. The lowest BCUT2D eigenvalue weighted by molar-refractivity contribution is 0.201. The molecule has 2 aliphatic heterocycles. The highest BCUT2D eigenvalue weighted by Crippen LogP contribution is 2.30. The van der Waals surface area contributed by atoms with Crippen LogP contribution in [0.25, 0.3) is 0 Å². The molecule has 0 bridgehead atoms. The number of nitrogens with zero attached hydrogens (tertiary/aromatic N) is 5. The summed E-state index contributed by atoms with van der Waals surface area (Å²) in [5.74, 6) is 2.85. The Bertz CT molecular complexity index is 742. The molecule has 0 spiro atoms. The molecular weight excluding hydrogens is 386 g/mol. The summed E-state index contributed by atoms with van der Waals surface area (Å²) in [6.45, 7) is 9.36. The molecule has 0 atom stereocenters. The minimum absolute atomic E-state index is 0.551. The molecule has 4 rings (SSSR count). The number of piperidine rings is 2. The molecule has 2 aliphatic rings. The molecule has 2 aromatic heterocycles. The maximum atomic E-state index is 4.58. The average molecular weight is 420 g/mol. The minimum Gasteiger partial charge on any atom is -0.309 e. The Hall–Kier alpha value is -0.890. The second kappa shape index (κ2) is 9.74. The van der Waals surface area contributed by atoms with E-state index >= 15 is 0 Å². The quantitative estimate of drug-likeness (QED) is 0.631. The van der Waals surface area contributed by atoms with Gasteiger partial charge in [0.1, 0.15) is 5.82 Å². The van der Waals surface area contributed by atoms with Crippen LogP contribution >= 0.6 is 23.1 Å². The van der Waals surface area contributed by atoms with Gasteiger partial charge >= 0.3 is 0 Å². The summed E-state index contributed by atoms with van der Waals surface area (Å²) in [7, 11) is 2.15. The Morgan fingerprint density at radius 2 is 1.86 bits per heavy atom. The fraction of sp³-hybridized carbons (Fsp3) is 0.714. The molecule has 0 amide bonds. The van der Waals surface area contributed by atoms with Crippen molar-refractivity contribution in [3.05, 3.63) is 27.7 Å². The summed E-state index contributed by atoms with van der Waals surface area (Å²) in [6.07, 6.45) is 6.51. The first-order valence-corrected chi connectivity index (χ1v) is 12.6. The standard InChI is InChI=1S/C21H33N5S2/c1-17-8-14-27-19(17)16-26-11-6-18(7-12-26)20-22-23-21(24(20)2)28-15-13-25-9-4-3-5-10-25/h8,14,18H,3-7,9-13,15-16H2,1-2H3. The maximum absolute atomic E-state index is 4.58. The van der Waals surface area contributed by atoms with Gasteiger partial charge in [-0.05, 0) is 75.8 Å². The molecule has 2 aromatic rings. The van der Waals surface area contributed by atoms with Crippen LogP contribution in [-0.4, -0.2) is 63.0 Å². The molecule has 0 radical (unpaired) electrons. The Kier molecular flexibility index (Phi) is 7.09. The van der Waals surface area contributed by atoms with Crippen LogP contribution in [-0.2, 0) is 13.6 Å². The largest absolute Gasteiger partial charge is 0.309 e. The minimum atomic E-state index is 0.551. The van der Waals surface area contributed by atoms with E-state index in [2.05, 4.69) is 50.0 Å². The van der Waals surface area contributed by atoms with Crippen LogP contribution < -0.4 is 0 Å². The highest BCUT2D eigenvalue weighted by molar-refractivity contribution is 7.99. The van der Waals surface area contributed by atoms with Crippen LogP contribution in [0.4, 0.5) is 0 Å². The Morgan fingerprint density at radius 1 is 1.07 bits per heavy atom. The normalized spacial score (nSPS) is 20.1. The molecule has 0 N–H and O–H groups in total. The van der Waals surface area contributed by atoms with Crippen molar-refractivity contribution in [1.29, 1.82) is 0 Å². The SMILES string of the molecule is Cc1ccsc1CN1CCC(c2nnc(SCCN3CCCCC3)n2C)CC1. The predicted octanol–water partition coefficient (Wildman–Crippen LogP) is 4.14. The van der Waals surface area contributed by atoms with Crippen molar-refractivity contribution in [2.75, 3.05) is 38.5 Å². The Labute approximate surface area is 177 Å². The van der Waals surface area contributed by atoms with Gasteiger partial charge in [-0.1, -0.05) is 18.2 Å². The van der Waals surface area contributed by atoms with E-state index in [1.165, 1.54) is 68.0 Å². The summed E-state index contributed by atoms with van der Waals surface area (Å²) in [5.41, 5.74) is 1.44. The van der Waals surface area contributed by atoms with Crippen LogP contribution in [0.5, 0.6) is 0 Å². The van der Waals surface area contributed by atoms with Gasteiger partial charge in [-0.25, -0.2) is 0 Å². The number of hydrogen-bond acceptors (Lipinski definition) is 6. The zero-order valence-electron chi connectivity index (χ0n) is 17.3. The molecule has 0 aromatic carbocycles. The fourth-order valence-corrected chi connectivity index (χ4v) is 6.24. The van der Waals surface area contributed by atoms with Gasteiger partial charge in [0, 0.05) is 36.7 Å². The van der Waals surface area contributed by atoms with Gasteiger partial charge in [-0.15, -0.1) is 21.5 Å². The van der Waals surface area contributed by atoms with Crippen LogP contribution in [0.2, 0.25) is 0 Å². The highest BCUT2D eigenvalue weighted by atomic mass is 32.2. The third-order valence-corrected chi connectivity index (χ3v) is 8.25. The number of thiophene rings is 1. The van der Waals surface area contributed by atoms with Gasteiger partial charge in [0.25, 0.3) is 0 Å². The molecule has 0 saturated carbocycles. The summed E-state index contributed by atoms with van der Waals surface area (Å²) in [5, 5.41) is 12.4. The number of likely N-dealkylation sites (tertiary alicyclic amines) is 2. The molecule has 5 nitrogen and oxygen atoms in total. The molecule has 2 saturated heterocycles. The van der Waals surface area contributed by atoms with Gasteiger partial charge in [0.15, 0.2) is 5.16 Å². The number of hydrogen-bond donors (Lipinski definition) is 0. The zero-order valence-corrected chi connectivity index (χ0v) is 18.9. The van der Waals surface area contributed by atoms with E-state index in [-0.39, 0.29) is 0 Å². The average Bonchev–Trinajstić information content (AvgIpc) is 3.29. The van der Waals surface area contributed by atoms with Crippen molar-refractivity contribution >= 4 is 23.1 Å². The van der Waals surface area contributed by atoms with E-state index in [1.54, 1.807) is 0 Å². The van der Waals surface area contributed by atoms with Crippen molar-refractivity contribution in [3.63, 3.8) is 0 Å². The van der Waals surface area contributed by atoms with E-state index in [0.717, 1.165) is 30.5 Å². The first-order chi connectivity index (χ1) is 13.7. The van der Waals surface area contributed by atoms with Gasteiger partial charge in [-0.2, -0.15) is 0 Å². The number of aromatic nitrogens is 3. The topological polar surface area (TPSA) is 37.2 Å².